The van der Waals surface area contributed by atoms with E-state index in [1.807, 2.05) is 30.3 Å². The fourth-order valence-corrected chi connectivity index (χ4v) is 3.84. The van der Waals surface area contributed by atoms with Crippen molar-refractivity contribution in [1.29, 1.82) is 0 Å². The van der Waals surface area contributed by atoms with E-state index in [0.29, 0.717) is 4.88 Å². The third-order valence-electron chi connectivity index (χ3n) is 3.86. The van der Waals surface area contributed by atoms with Crippen LogP contribution in [0, 0.1) is 23.3 Å². The van der Waals surface area contributed by atoms with Crippen molar-refractivity contribution in [2.75, 3.05) is 17.2 Å². The summed E-state index contributed by atoms with van der Waals surface area (Å²) in [7, 11) is 0. The van der Waals surface area contributed by atoms with Gasteiger partial charge in [0.1, 0.15) is 10.7 Å². The molecule has 30 heavy (non-hydrogen) atoms. The number of hydrogen-bond acceptors (Lipinski definition) is 4. The van der Waals surface area contributed by atoms with Gasteiger partial charge in [0.2, 0.25) is 0 Å². The lowest BCUT2D eigenvalue weighted by atomic mass is 10.1. The van der Waals surface area contributed by atoms with Gasteiger partial charge in [-0.05, 0) is 30.8 Å². The first-order valence-corrected chi connectivity index (χ1v) is 9.81. The van der Waals surface area contributed by atoms with Crippen LogP contribution in [-0.4, -0.2) is 17.7 Å². The Labute approximate surface area is 178 Å². The molecule has 0 bridgehead atoms. The topological polar surface area (TPSA) is 50.4 Å². The maximum atomic E-state index is 13.9. The van der Waals surface area contributed by atoms with E-state index in [-0.39, 0.29) is 28.4 Å². The Morgan fingerprint density at radius 1 is 1.03 bits per heavy atom. The molecule has 0 unspecified atom stereocenters. The summed E-state index contributed by atoms with van der Waals surface area (Å²) >= 11 is 6.16. The molecule has 0 aliphatic heterocycles. The molecule has 0 saturated carbocycles. The molecule has 0 saturated heterocycles. The second-order valence-electron chi connectivity index (χ2n) is 5.86. The first-order valence-electron chi connectivity index (χ1n) is 8.59. The standard InChI is InChI=1S/C20H14F4N2O2S2/c1-2-28-19(27)11-8-14(10-6-4-3-5-7-10)30-18(11)26-20(29)25-17-15(23)12(21)9-13(22)16(17)24/h3-9H,2H2,1H3,(H2,25,26,29). The third-order valence-corrected chi connectivity index (χ3v) is 5.17. The van der Waals surface area contributed by atoms with Crippen molar-refractivity contribution in [3.05, 3.63) is 71.3 Å². The van der Waals surface area contributed by atoms with Crippen molar-refractivity contribution in [1.82, 2.24) is 0 Å². The zero-order valence-electron chi connectivity index (χ0n) is 15.4. The molecule has 0 radical (unpaired) electrons. The minimum absolute atomic E-state index is 0.0938. The molecule has 0 aliphatic rings. The summed E-state index contributed by atoms with van der Waals surface area (Å²) in [6.07, 6.45) is 0. The molecular weight excluding hydrogens is 440 g/mol. The van der Waals surface area contributed by atoms with E-state index < -0.39 is 34.9 Å². The number of benzene rings is 2. The van der Waals surface area contributed by atoms with Gasteiger partial charge in [0.25, 0.3) is 0 Å². The number of esters is 1. The zero-order valence-corrected chi connectivity index (χ0v) is 17.0. The highest BCUT2D eigenvalue weighted by Crippen LogP contribution is 2.36. The molecule has 2 aromatic carbocycles. The van der Waals surface area contributed by atoms with Gasteiger partial charge in [-0.15, -0.1) is 11.3 Å². The predicted molar refractivity (Wildman–Crippen MR) is 112 cm³/mol. The van der Waals surface area contributed by atoms with Crippen molar-refractivity contribution in [2.45, 2.75) is 6.92 Å². The Hall–Kier alpha value is -2.98. The maximum Gasteiger partial charge on any atom is 0.341 e. The number of rotatable bonds is 5. The van der Waals surface area contributed by atoms with Crippen LogP contribution in [0.5, 0.6) is 0 Å². The van der Waals surface area contributed by atoms with Crippen molar-refractivity contribution < 1.29 is 27.1 Å². The Morgan fingerprint density at radius 3 is 2.27 bits per heavy atom. The van der Waals surface area contributed by atoms with Gasteiger partial charge in [-0.3, -0.25) is 0 Å². The summed E-state index contributed by atoms with van der Waals surface area (Å²) in [5.41, 5.74) is -0.108. The van der Waals surface area contributed by atoms with Crippen LogP contribution in [0.25, 0.3) is 10.4 Å². The molecule has 0 amide bonds. The Kier molecular flexibility index (Phi) is 6.68. The molecule has 1 heterocycles. The summed E-state index contributed by atoms with van der Waals surface area (Å²) in [5.74, 6) is -7.03. The van der Waals surface area contributed by atoms with Gasteiger partial charge in [-0.2, -0.15) is 0 Å². The van der Waals surface area contributed by atoms with Crippen molar-refractivity contribution in [3.63, 3.8) is 0 Å². The van der Waals surface area contributed by atoms with E-state index >= 15 is 0 Å². The Morgan fingerprint density at radius 2 is 1.67 bits per heavy atom. The second kappa shape index (κ2) is 9.23. The molecule has 1 aromatic heterocycles. The highest BCUT2D eigenvalue weighted by Gasteiger charge is 2.22. The normalized spacial score (nSPS) is 10.6. The SMILES string of the molecule is CCOC(=O)c1cc(-c2ccccc2)sc1NC(=S)Nc1c(F)c(F)cc(F)c1F. The van der Waals surface area contributed by atoms with Crippen molar-refractivity contribution >= 4 is 45.3 Å². The Balaban J connectivity index is 1.91. The van der Waals surface area contributed by atoms with Gasteiger partial charge in [0.05, 0.1) is 12.2 Å². The van der Waals surface area contributed by atoms with Crippen LogP contribution in [0.2, 0.25) is 0 Å². The smallest absolute Gasteiger partial charge is 0.341 e. The van der Waals surface area contributed by atoms with E-state index in [1.165, 1.54) is 0 Å². The van der Waals surface area contributed by atoms with Crippen LogP contribution in [0.1, 0.15) is 17.3 Å². The fraction of sp³-hybridized carbons (Fsp3) is 0.100. The minimum atomic E-state index is -1.63. The van der Waals surface area contributed by atoms with Crippen molar-refractivity contribution in [2.24, 2.45) is 0 Å². The number of ether oxygens (including phenoxy) is 1. The second-order valence-corrected chi connectivity index (χ2v) is 7.32. The van der Waals surface area contributed by atoms with Crippen LogP contribution in [0.4, 0.5) is 28.3 Å². The molecular formula is C20H14F4N2O2S2. The van der Waals surface area contributed by atoms with Crippen LogP contribution in [0.3, 0.4) is 0 Å². The molecule has 4 nitrogen and oxygen atoms in total. The lowest BCUT2D eigenvalue weighted by molar-refractivity contribution is 0.0528. The number of nitrogens with one attached hydrogen (secondary N) is 2. The predicted octanol–water partition coefficient (Wildman–Crippen LogP) is 5.96. The maximum absolute atomic E-state index is 13.9. The summed E-state index contributed by atoms with van der Waals surface area (Å²) < 4.78 is 59.6. The molecule has 10 heteroatoms. The highest BCUT2D eigenvalue weighted by molar-refractivity contribution is 7.80. The van der Waals surface area contributed by atoms with Gasteiger partial charge >= 0.3 is 5.97 Å². The van der Waals surface area contributed by atoms with Crippen molar-refractivity contribution in [3.8, 4) is 10.4 Å². The van der Waals surface area contributed by atoms with Crippen LogP contribution < -0.4 is 10.6 Å². The van der Waals surface area contributed by atoms with Gasteiger partial charge in [-0.25, -0.2) is 22.4 Å². The van der Waals surface area contributed by atoms with E-state index in [4.69, 9.17) is 17.0 Å². The first kappa shape index (κ1) is 21.7. The number of carbonyl (C=O) groups is 1. The molecule has 3 rings (SSSR count). The van der Waals surface area contributed by atoms with Gasteiger partial charge in [0, 0.05) is 10.9 Å². The number of carbonyl (C=O) groups excluding carboxylic acids is 1. The average Bonchev–Trinajstić information content (AvgIpc) is 3.14. The molecule has 2 N–H and O–H groups in total. The quantitative estimate of drug-likeness (QED) is 0.216. The summed E-state index contributed by atoms with van der Waals surface area (Å²) in [6, 6.07) is 10.8. The first-order chi connectivity index (χ1) is 14.3. The van der Waals surface area contributed by atoms with Gasteiger partial charge in [-0.1, -0.05) is 30.3 Å². The third kappa shape index (κ3) is 4.60. The van der Waals surface area contributed by atoms with E-state index in [2.05, 4.69) is 10.6 Å². The average molecular weight is 454 g/mol. The number of hydrogen-bond donors (Lipinski definition) is 2. The van der Waals surface area contributed by atoms with E-state index in [9.17, 15) is 22.4 Å². The monoisotopic (exact) mass is 454 g/mol. The number of anilines is 2. The zero-order chi connectivity index (χ0) is 21.8. The number of halogens is 4. The molecule has 3 aromatic rings. The number of thiocarbonyl (C=S) groups is 1. The highest BCUT2D eigenvalue weighted by atomic mass is 32.1. The minimum Gasteiger partial charge on any atom is -0.462 e. The van der Waals surface area contributed by atoms with Crippen LogP contribution >= 0.6 is 23.6 Å². The Bertz CT molecular complexity index is 1080. The molecule has 0 spiro atoms. The van der Waals surface area contributed by atoms with E-state index in [0.717, 1.165) is 16.9 Å². The number of thiophene rings is 1. The lowest BCUT2D eigenvalue weighted by Gasteiger charge is -2.12. The summed E-state index contributed by atoms with van der Waals surface area (Å²) in [4.78, 5) is 13.0. The molecule has 0 fully saturated rings. The summed E-state index contributed by atoms with van der Waals surface area (Å²) in [5, 5.41) is 4.61. The molecule has 156 valence electrons. The lowest BCUT2D eigenvalue weighted by Crippen LogP contribution is -2.22. The van der Waals surface area contributed by atoms with E-state index in [1.54, 1.807) is 13.0 Å². The van der Waals surface area contributed by atoms with Crippen LogP contribution in [-0.2, 0) is 4.74 Å². The van der Waals surface area contributed by atoms with Crippen LogP contribution in [0.15, 0.2) is 42.5 Å². The fourth-order valence-electron chi connectivity index (χ4n) is 2.52. The van der Waals surface area contributed by atoms with Gasteiger partial charge < -0.3 is 15.4 Å². The van der Waals surface area contributed by atoms with Gasteiger partial charge in [0.15, 0.2) is 28.4 Å². The largest absolute Gasteiger partial charge is 0.462 e. The molecule has 0 atom stereocenters. The molecule has 0 aliphatic carbocycles. The summed E-state index contributed by atoms with van der Waals surface area (Å²) in [6.45, 7) is 1.78.